The number of aromatic nitrogens is 2. The summed E-state index contributed by atoms with van der Waals surface area (Å²) in [5.41, 5.74) is 2.64. The van der Waals surface area contributed by atoms with E-state index in [1.807, 2.05) is 18.3 Å². The average Bonchev–Trinajstić information content (AvgIpc) is 3.02. The van der Waals surface area contributed by atoms with Crippen LogP contribution in [0.1, 0.15) is 23.7 Å². The van der Waals surface area contributed by atoms with Gasteiger partial charge in [0, 0.05) is 25.8 Å². The second kappa shape index (κ2) is 7.15. The first-order chi connectivity index (χ1) is 11.2. The van der Waals surface area contributed by atoms with Crippen LogP contribution in [0.2, 0.25) is 0 Å². The number of methoxy groups -OCH3 is 1. The maximum Gasteiger partial charge on any atom is 0.118 e. The van der Waals surface area contributed by atoms with Crippen molar-refractivity contribution >= 4 is 0 Å². The molecule has 2 aromatic rings. The molecule has 5 heteroatoms. The number of rotatable bonds is 6. The largest absolute Gasteiger partial charge is 0.497 e. The number of benzene rings is 1. The highest BCUT2D eigenvalue weighted by Gasteiger charge is 2.25. The van der Waals surface area contributed by atoms with E-state index < -0.39 is 0 Å². The van der Waals surface area contributed by atoms with Gasteiger partial charge < -0.3 is 9.64 Å². The van der Waals surface area contributed by atoms with E-state index in [0.717, 1.165) is 38.3 Å². The molecule has 124 valence electrons. The first-order valence-electron chi connectivity index (χ1n) is 8.18. The molecule has 0 saturated carbocycles. The van der Waals surface area contributed by atoms with E-state index >= 15 is 0 Å². The summed E-state index contributed by atoms with van der Waals surface area (Å²) < 4.78 is 7.45. The first-order valence-corrected chi connectivity index (χ1v) is 8.18. The average molecular weight is 314 g/mol. The van der Waals surface area contributed by atoms with Crippen molar-refractivity contribution in [2.24, 2.45) is 0 Å². The fourth-order valence-corrected chi connectivity index (χ4v) is 3.20. The van der Waals surface area contributed by atoms with Gasteiger partial charge in [-0.15, -0.1) is 0 Å². The van der Waals surface area contributed by atoms with Crippen molar-refractivity contribution in [3.63, 3.8) is 0 Å². The maximum absolute atomic E-state index is 5.24. The molecule has 1 aromatic heterocycles. The van der Waals surface area contributed by atoms with Gasteiger partial charge in [0.15, 0.2) is 0 Å². The van der Waals surface area contributed by atoms with Crippen LogP contribution >= 0.6 is 0 Å². The predicted molar refractivity (Wildman–Crippen MR) is 91.5 cm³/mol. The summed E-state index contributed by atoms with van der Waals surface area (Å²) >= 11 is 0. The normalized spacial score (nSPS) is 18.2. The zero-order valence-corrected chi connectivity index (χ0v) is 14.3. The number of fused-ring (bicyclic) bond motifs is 1. The third-order valence-corrected chi connectivity index (χ3v) is 4.43. The number of ether oxygens (including phenoxy) is 1. The molecular formula is C18H26N4O. The summed E-state index contributed by atoms with van der Waals surface area (Å²) in [7, 11) is 5.96. The molecule has 0 aliphatic carbocycles. The molecule has 1 aliphatic heterocycles. The molecule has 1 aliphatic rings. The van der Waals surface area contributed by atoms with Gasteiger partial charge in [0.05, 0.1) is 18.8 Å². The number of hydrogen-bond acceptors (Lipinski definition) is 4. The molecule has 1 atom stereocenters. The highest BCUT2D eigenvalue weighted by atomic mass is 16.5. The molecule has 0 radical (unpaired) electrons. The minimum absolute atomic E-state index is 0.453. The minimum atomic E-state index is 0.453. The predicted octanol–water partition coefficient (Wildman–Crippen LogP) is 2.40. The van der Waals surface area contributed by atoms with E-state index in [2.05, 4.69) is 51.9 Å². The van der Waals surface area contributed by atoms with Crippen molar-refractivity contribution in [2.75, 3.05) is 34.3 Å². The summed E-state index contributed by atoms with van der Waals surface area (Å²) in [4.78, 5) is 4.75. The molecule has 3 rings (SSSR count). The van der Waals surface area contributed by atoms with Crippen molar-refractivity contribution in [3.8, 4) is 5.75 Å². The van der Waals surface area contributed by atoms with Crippen molar-refractivity contribution in [2.45, 2.75) is 25.6 Å². The van der Waals surface area contributed by atoms with Crippen LogP contribution < -0.4 is 4.74 Å². The van der Waals surface area contributed by atoms with Gasteiger partial charge in [0.2, 0.25) is 0 Å². The SMILES string of the molecule is COc1ccc(CN2Cc3ccnn3C(CCN(C)C)C2)cc1. The van der Waals surface area contributed by atoms with E-state index in [1.54, 1.807) is 7.11 Å². The van der Waals surface area contributed by atoms with Gasteiger partial charge >= 0.3 is 0 Å². The van der Waals surface area contributed by atoms with Crippen LogP contribution in [-0.4, -0.2) is 53.9 Å². The van der Waals surface area contributed by atoms with Crippen molar-refractivity contribution in [1.29, 1.82) is 0 Å². The Morgan fingerprint density at radius 3 is 2.70 bits per heavy atom. The highest BCUT2D eigenvalue weighted by molar-refractivity contribution is 5.27. The maximum atomic E-state index is 5.24. The Kier molecular flexibility index (Phi) is 4.98. The lowest BCUT2D eigenvalue weighted by atomic mass is 10.1. The molecule has 0 saturated heterocycles. The van der Waals surface area contributed by atoms with Crippen LogP contribution in [0, 0.1) is 0 Å². The van der Waals surface area contributed by atoms with E-state index in [9.17, 15) is 0 Å². The minimum Gasteiger partial charge on any atom is -0.497 e. The van der Waals surface area contributed by atoms with Crippen LogP contribution in [0.25, 0.3) is 0 Å². The highest BCUT2D eigenvalue weighted by Crippen LogP contribution is 2.24. The van der Waals surface area contributed by atoms with Gasteiger partial charge in [-0.3, -0.25) is 9.58 Å². The molecule has 0 spiro atoms. The van der Waals surface area contributed by atoms with Crippen molar-refractivity contribution in [1.82, 2.24) is 19.6 Å². The molecule has 0 bridgehead atoms. The summed E-state index contributed by atoms with van der Waals surface area (Å²) in [6, 6.07) is 11.0. The van der Waals surface area contributed by atoms with E-state index in [-0.39, 0.29) is 0 Å². The Labute approximate surface area is 138 Å². The number of nitrogens with zero attached hydrogens (tertiary/aromatic N) is 4. The molecule has 1 aromatic carbocycles. The van der Waals surface area contributed by atoms with E-state index in [0.29, 0.717) is 6.04 Å². The van der Waals surface area contributed by atoms with E-state index in [1.165, 1.54) is 11.3 Å². The Morgan fingerprint density at radius 1 is 1.22 bits per heavy atom. The molecule has 0 amide bonds. The van der Waals surface area contributed by atoms with Crippen molar-refractivity contribution in [3.05, 3.63) is 47.8 Å². The lowest BCUT2D eigenvalue weighted by molar-refractivity contribution is 0.155. The molecule has 23 heavy (non-hydrogen) atoms. The summed E-state index contributed by atoms with van der Waals surface area (Å²) in [5.74, 6) is 0.911. The third-order valence-electron chi connectivity index (χ3n) is 4.43. The van der Waals surface area contributed by atoms with Crippen LogP contribution in [0.3, 0.4) is 0 Å². The van der Waals surface area contributed by atoms with Gasteiger partial charge in [0.1, 0.15) is 5.75 Å². The van der Waals surface area contributed by atoms with Gasteiger partial charge in [-0.25, -0.2) is 0 Å². The van der Waals surface area contributed by atoms with Crippen LogP contribution in [0.5, 0.6) is 5.75 Å². The second-order valence-corrected chi connectivity index (χ2v) is 6.53. The summed E-state index contributed by atoms with van der Waals surface area (Å²) in [6.45, 7) is 4.06. The van der Waals surface area contributed by atoms with Gasteiger partial charge in [0.25, 0.3) is 0 Å². The Morgan fingerprint density at radius 2 is 2.00 bits per heavy atom. The number of hydrogen-bond donors (Lipinski definition) is 0. The smallest absolute Gasteiger partial charge is 0.118 e. The van der Waals surface area contributed by atoms with Crippen LogP contribution in [-0.2, 0) is 13.1 Å². The molecule has 1 unspecified atom stereocenters. The van der Waals surface area contributed by atoms with Gasteiger partial charge in [-0.2, -0.15) is 5.10 Å². The molecule has 0 N–H and O–H groups in total. The lowest BCUT2D eigenvalue weighted by Crippen LogP contribution is -2.38. The summed E-state index contributed by atoms with van der Waals surface area (Å²) in [6.07, 6.45) is 3.05. The molecular weight excluding hydrogens is 288 g/mol. The zero-order chi connectivity index (χ0) is 16.2. The Hall–Kier alpha value is -1.85. The molecule has 0 fully saturated rings. The first kappa shape index (κ1) is 16.0. The van der Waals surface area contributed by atoms with Crippen molar-refractivity contribution < 1.29 is 4.74 Å². The summed E-state index contributed by atoms with van der Waals surface area (Å²) in [5, 5.41) is 4.54. The fraction of sp³-hybridized carbons (Fsp3) is 0.500. The van der Waals surface area contributed by atoms with E-state index in [4.69, 9.17) is 4.74 Å². The zero-order valence-electron chi connectivity index (χ0n) is 14.3. The molecule has 2 heterocycles. The standard InChI is InChI=1S/C18H26N4O/c1-20(2)11-9-17-14-21(13-16-8-10-19-22(16)17)12-15-4-6-18(23-3)7-5-15/h4-8,10,17H,9,11-14H2,1-3H3. The monoisotopic (exact) mass is 314 g/mol. The van der Waals surface area contributed by atoms with Gasteiger partial charge in [-0.05, 0) is 50.8 Å². The topological polar surface area (TPSA) is 33.5 Å². The fourth-order valence-electron chi connectivity index (χ4n) is 3.20. The molecule has 5 nitrogen and oxygen atoms in total. The third kappa shape index (κ3) is 3.92. The Bertz CT molecular complexity index is 620. The quantitative estimate of drug-likeness (QED) is 0.820. The lowest BCUT2D eigenvalue weighted by Gasteiger charge is -2.34. The van der Waals surface area contributed by atoms with Crippen LogP contribution in [0.4, 0.5) is 0 Å². The Balaban J connectivity index is 1.68. The van der Waals surface area contributed by atoms with Crippen LogP contribution in [0.15, 0.2) is 36.5 Å². The van der Waals surface area contributed by atoms with Gasteiger partial charge in [-0.1, -0.05) is 12.1 Å². The second-order valence-electron chi connectivity index (χ2n) is 6.53.